The van der Waals surface area contributed by atoms with Gasteiger partial charge in [0, 0.05) is 12.2 Å². The maximum atomic E-state index is 14.5. The zero-order chi connectivity index (χ0) is 25.1. The predicted octanol–water partition coefficient (Wildman–Crippen LogP) is 4.80. The number of aliphatic hydroxyl groups is 1. The van der Waals surface area contributed by atoms with Crippen molar-refractivity contribution in [1.29, 1.82) is 0 Å². The molecule has 35 heavy (non-hydrogen) atoms. The van der Waals surface area contributed by atoms with Crippen LogP contribution >= 0.6 is 0 Å². The monoisotopic (exact) mass is 484 g/mol. The molecule has 2 heterocycles. The number of aromatic nitrogens is 2. The summed E-state index contributed by atoms with van der Waals surface area (Å²) >= 11 is 0. The van der Waals surface area contributed by atoms with E-state index in [2.05, 4.69) is 27.5 Å². The number of hydrogen-bond donors (Lipinski definition) is 3. The first-order valence-electron chi connectivity index (χ1n) is 11.5. The van der Waals surface area contributed by atoms with Crippen molar-refractivity contribution in [2.45, 2.75) is 44.8 Å². The highest BCUT2D eigenvalue weighted by Crippen LogP contribution is 2.39. The number of carbonyl (C=O) groups is 1. The molecule has 184 valence electrons. The largest absolute Gasteiger partial charge is 0.392 e. The predicted molar refractivity (Wildman–Crippen MR) is 126 cm³/mol. The third-order valence-electron chi connectivity index (χ3n) is 6.49. The van der Waals surface area contributed by atoms with Crippen LogP contribution in [-0.2, 0) is 6.61 Å². The minimum Gasteiger partial charge on any atom is -0.392 e. The minimum absolute atomic E-state index is 0.000272. The van der Waals surface area contributed by atoms with E-state index in [4.69, 9.17) is 5.11 Å². The highest BCUT2D eigenvalue weighted by atomic mass is 19.1. The number of carbonyl (C=O) groups excluding carboxylic acids is 1. The number of pyridine rings is 2. The molecule has 9 heteroatoms. The van der Waals surface area contributed by atoms with Gasteiger partial charge in [-0.2, -0.15) is 0 Å². The van der Waals surface area contributed by atoms with Gasteiger partial charge in [-0.25, -0.2) is 18.2 Å². The molecule has 0 spiro atoms. The molecular weight excluding hydrogens is 457 g/mol. The van der Waals surface area contributed by atoms with Crippen molar-refractivity contribution in [2.24, 2.45) is 5.92 Å². The smallest absolute Gasteiger partial charge is 0.274 e. The molecule has 0 saturated heterocycles. The molecule has 1 amide bonds. The molecule has 3 unspecified atom stereocenters. The Morgan fingerprint density at radius 3 is 2.51 bits per heavy atom. The Morgan fingerprint density at radius 2 is 1.83 bits per heavy atom. The van der Waals surface area contributed by atoms with Crippen molar-refractivity contribution in [3.8, 4) is 11.3 Å². The summed E-state index contributed by atoms with van der Waals surface area (Å²) in [6.45, 7) is 1.63. The van der Waals surface area contributed by atoms with E-state index >= 15 is 0 Å². The molecule has 0 bridgehead atoms. The van der Waals surface area contributed by atoms with Crippen LogP contribution in [0.5, 0.6) is 0 Å². The fourth-order valence-electron chi connectivity index (χ4n) is 4.83. The van der Waals surface area contributed by atoms with Crippen molar-refractivity contribution < 1.29 is 23.1 Å². The van der Waals surface area contributed by atoms with Gasteiger partial charge in [-0.05, 0) is 79.6 Å². The van der Waals surface area contributed by atoms with Crippen LogP contribution in [0.3, 0.4) is 0 Å². The maximum Gasteiger partial charge on any atom is 0.274 e. The van der Waals surface area contributed by atoms with Gasteiger partial charge < -0.3 is 15.7 Å². The minimum atomic E-state index is -1.09. The normalized spacial score (nSPS) is 20.0. The summed E-state index contributed by atoms with van der Waals surface area (Å²) in [7, 11) is 1.94. The van der Waals surface area contributed by atoms with Crippen LogP contribution in [0.25, 0.3) is 11.3 Å². The van der Waals surface area contributed by atoms with E-state index in [1.807, 2.05) is 13.1 Å². The highest BCUT2D eigenvalue weighted by Gasteiger charge is 2.29. The Morgan fingerprint density at radius 1 is 1.09 bits per heavy atom. The Bertz CT molecular complexity index is 1210. The highest BCUT2D eigenvalue weighted by molar-refractivity contribution is 6.03. The van der Waals surface area contributed by atoms with E-state index in [1.54, 1.807) is 12.4 Å². The van der Waals surface area contributed by atoms with Crippen LogP contribution in [-0.4, -0.2) is 34.1 Å². The quantitative estimate of drug-likeness (QED) is 0.468. The standard InChI is InChI=1S/C26H27F3N4O2/c1-14-7-16(11-17(8-14)30-2)18-5-6-31-12-23(18)33-26(35)22-4-3-19(27)25(32-22)24-20(28)9-15(13-34)10-21(24)29/h3-6,9-10,12,14,16-17,30,34H,7-8,11,13H2,1-2H3,(H,33,35). The number of aliphatic hydroxyl groups excluding tert-OH is 1. The first-order valence-corrected chi connectivity index (χ1v) is 11.5. The molecule has 0 radical (unpaired) electrons. The first-order chi connectivity index (χ1) is 16.8. The second-order valence-corrected chi connectivity index (χ2v) is 9.03. The van der Waals surface area contributed by atoms with Crippen molar-refractivity contribution in [1.82, 2.24) is 15.3 Å². The Balaban J connectivity index is 1.63. The van der Waals surface area contributed by atoms with Gasteiger partial charge in [0.05, 0.1) is 24.1 Å². The molecule has 0 aliphatic heterocycles. The number of halogens is 3. The summed E-state index contributed by atoms with van der Waals surface area (Å²) in [5.74, 6) is -3.09. The fraction of sp³-hybridized carbons (Fsp3) is 0.346. The molecule has 1 aliphatic carbocycles. The lowest BCUT2D eigenvalue weighted by atomic mass is 9.76. The summed E-state index contributed by atoms with van der Waals surface area (Å²) in [6.07, 6.45) is 6.18. The van der Waals surface area contributed by atoms with Crippen molar-refractivity contribution >= 4 is 11.6 Å². The molecule has 2 aromatic heterocycles. The van der Waals surface area contributed by atoms with E-state index < -0.39 is 41.2 Å². The van der Waals surface area contributed by atoms with Crippen LogP contribution in [0.15, 0.2) is 42.7 Å². The number of hydrogen-bond acceptors (Lipinski definition) is 5. The third kappa shape index (κ3) is 5.36. The van der Waals surface area contributed by atoms with Crippen LogP contribution in [0.4, 0.5) is 18.9 Å². The molecular formula is C26H27F3N4O2. The zero-order valence-electron chi connectivity index (χ0n) is 19.5. The van der Waals surface area contributed by atoms with Gasteiger partial charge in [0.2, 0.25) is 0 Å². The number of anilines is 1. The molecule has 1 saturated carbocycles. The Kier molecular flexibility index (Phi) is 7.47. The molecule has 1 fully saturated rings. The second kappa shape index (κ2) is 10.5. The SMILES string of the molecule is CNC1CC(C)CC(c2ccncc2NC(=O)c2ccc(F)c(-c3c(F)cc(CO)cc3F)n2)C1. The third-order valence-corrected chi connectivity index (χ3v) is 6.49. The maximum absolute atomic E-state index is 14.5. The van der Waals surface area contributed by atoms with E-state index in [-0.39, 0.29) is 17.2 Å². The van der Waals surface area contributed by atoms with Gasteiger partial charge in [-0.15, -0.1) is 0 Å². The van der Waals surface area contributed by atoms with Crippen molar-refractivity contribution in [3.63, 3.8) is 0 Å². The molecule has 1 aromatic carbocycles. The van der Waals surface area contributed by atoms with Gasteiger partial charge in [-0.1, -0.05) is 6.92 Å². The van der Waals surface area contributed by atoms with Gasteiger partial charge in [0.15, 0.2) is 0 Å². The molecule has 3 aromatic rings. The first kappa shape index (κ1) is 24.8. The van der Waals surface area contributed by atoms with Crippen LogP contribution in [0.1, 0.15) is 53.7 Å². The van der Waals surface area contributed by atoms with Gasteiger partial charge in [0.25, 0.3) is 5.91 Å². The van der Waals surface area contributed by atoms with E-state index in [0.717, 1.165) is 49.1 Å². The van der Waals surface area contributed by atoms with Crippen molar-refractivity contribution in [2.75, 3.05) is 12.4 Å². The topological polar surface area (TPSA) is 87.1 Å². The Hall–Kier alpha value is -3.30. The van der Waals surface area contributed by atoms with E-state index in [1.165, 1.54) is 0 Å². The van der Waals surface area contributed by atoms with Gasteiger partial charge >= 0.3 is 0 Å². The lowest BCUT2D eigenvalue weighted by Gasteiger charge is -2.34. The molecule has 3 N–H and O–H groups in total. The molecule has 3 atom stereocenters. The second-order valence-electron chi connectivity index (χ2n) is 9.03. The number of amides is 1. The fourth-order valence-corrected chi connectivity index (χ4v) is 4.83. The van der Waals surface area contributed by atoms with Crippen LogP contribution < -0.4 is 10.6 Å². The molecule has 1 aliphatic rings. The van der Waals surface area contributed by atoms with Gasteiger partial charge in [0.1, 0.15) is 28.8 Å². The van der Waals surface area contributed by atoms with E-state index in [9.17, 15) is 18.0 Å². The summed E-state index contributed by atoms with van der Waals surface area (Å²) in [5.41, 5.74) is -0.0683. The number of benzene rings is 1. The lowest BCUT2D eigenvalue weighted by Crippen LogP contribution is -2.34. The van der Waals surface area contributed by atoms with E-state index in [0.29, 0.717) is 17.6 Å². The number of nitrogens with zero attached hydrogens (tertiary/aromatic N) is 2. The summed E-state index contributed by atoms with van der Waals surface area (Å²) in [6, 6.07) is 6.14. The Labute approximate surface area is 201 Å². The molecule has 4 rings (SSSR count). The average molecular weight is 485 g/mol. The lowest BCUT2D eigenvalue weighted by molar-refractivity contribution is 0.102. The summed E-state index contributed by atoms with van der Waals surface area (Å²) in [5, 5.41) is 15.3. The summed E-state index contributed by atoms with van der Waals surface area (Å²) in [4.78, 5) is 21.1. The molecule has 6 nitrogen and oxygen atoms in total. The number of rotatable bonds is 6. The average Bonchev–Trinajstić information content (AvgIpc) is 2.84. The zero-order valence-corrected chi connectivity index (χ0v) is 19.5. The van der Waals surface area contributed by atoms with Crippen LogP contribution in [0.2, 0.25) is 0 Å². The summed E-state index contributed by atoms with van der Waals surface area (Å²) < 4.78 is 43.6. The van der Waals surface area contributed by atoms with Gasteiger partial charge in [-0.3, -0.25) is 9.78 Å². The van der Waals surface area contributed by atoms with Crippen LogP contribution in [0, 0.1) is 23.4 Å². The number of nitrogens with one attached hydrogen (secondary N) is 2. The van der Waals surface area contributed by atoms with Crippen molar-refractivity contribution in [3.05, 3.63) is 77.0 Å².